The fourth-order valence-electron chi connectivity index (χ4n) is 1.71. The number of amides is 1. The van der Waals surface area contributed by atoms with Crippen molar-refractivity contribution in [3.8, 4) is 0 Å². The molecule has 6 N–H and O–H groups in total. The summed E-state index contributed by atoms with van der Waals surface area (Å²) in [6, 6.07) is -0.615. The van der Waals surface area contributed by atoms with Gasteiger partial charge in [-0.1, -0.05) is 0 Å². The predicted octanol–water partition coefficient (Wildman–Crippen LogP) is -3.09. The molecule has 8 nitrogen and oxygen atoms in total. The molecular weight excluding hydrogens is 226 g/mol. The van der Waals surface area contributed by atoms with Gasteiger partial charge in [0.25, 0.3) is 5.91 Å². The lowest BCUT2D eigenvalue weighted by atomic mass is 10.1. The number of carbonyl (C=O) groups is 1. The Morgan fingerprint density at radius 3 is 2.82 bits per heavy atom. The van der Waals surface area contributed by atoms with Crippen molar-refractivity contribution in [2.75, 3.05) is 6.54 Å². The molecule has 0 aromatic heterocycles. The number of hydrogen-bond donors (Lipinski definition) is 5. The van der Waals surface area contributed by atoms with Crippen molar-refractivity contribution >= 4 is 17.5 Å². The van der Waals surface area contributed by atoms with Crippen LogP contribution in [0.5, 0.6) is 0 Å². The number of fused-ring (bicyclic) bond motifs is 1. The van der Waals surface area contributed by atoms with Gasteiger partial charge in [0, 0.05) is 0 Å². The number of rotatable bonds is 2. The van der Waals surface area contributed by atoms with Gasteiger partial charge in [-0.15, -0.1) is 0 Å². The van der Waals surface area contributed by atoms with Crippen LogP contribution in [-0.2, 0) is 4.79 Å². The molecule has 8 heteroatoms. The van der Waals surface area contributed by atoms with E-state index in [1.54, 1.807) is 0 Å². The van der Waals surface area contributed by atoms with Crippen LogP contribution in [0.2, 0.25) is 0 Å². The topological polar surface area (TPSA) is 132 Å². The summed E-state index contributed by atoms with van der Waals surface area (Å²) in [4.78, 5) is 19.8. The average Bonchev–Trinajstić information content (AvgIpc) is 2.27. The first-order chi connectivity index (χ1) is 7.99. The van der Waals surface area contributed by atoms with Crippen LogP contribution in [0.25, 0.3) is 0 Å². The van der Waals surface area contributed by atoms with E-state index < -0.39 is 30.4 Å². The fraction of sp³-hybridized carbons (Fsp3) is 0.667. The smallest absolute Gasteiger partial charge is 0.275 e. The second-order valence-corrected chi connectivity index (χ2v) is 4.06. The first-order valence-corrected chi connectivity index (χ1v) is 5.31. The number of hydrogen-bond acceptors (Lipinski definition) is 7. The highest BCUT2D eigenvalue weighted by atomic mass is 16.3. The van der Waals surface area contributed by atoms with Gasteiger partial charge in [0.1, 0.15) is 6.10 Å². The molecule has 1 fully saturated rings. The van der Waals surface area contributed by atoms with Gasteiger partial charge in [-0.3, -0.25) is 20.5 Å². The van der Waals surface area contributed by atoms with Crippen molar-refractivity contribution < 1.29 is 15.0 Å². The third-order valence-corrected chi connectivity index (χ3v) is 2.64. The molecule has 2 heterocycles. The number of aliphatic hydroxyl groups is 2. The number of nitrogens with zero attached hydrogens (tertiary/aromatic N) is 2. The lowest BCUT2D eigenvalue weighted by Crippen LogP contribution is -2.65. The molecule has 4 atom stereocenters. The molecule has 0 aliphatic carbocycles. The number of nitrogens with one attached hydrogen (secondary N) is 2. The Labute approximate surface area is 97.6 Å². The van der Waals surface area contributed by atoms with E-state index in [1.807, 2.05) is 0 Å². The molecule has 1 amide bonds. The summed E-state index contributed by atoms with van der Waals surface area (Å²) in [7, 11) is 0. The van der Waals surface area contributed by atoms with Crippen LogP contribution in [0, 0.1) is 0 Å². The van der Waals surface area contributed by atoms with Crippen LogP contribution in [-0.4, -0.2) is 58.8 Å². The fourth-order valence-corrected chi connectivity index (χ4v) is 1.71. The van der Waals surface area contributed by atoms with Gasteiger partial charge >= 0.3 is 0 Å². The summed E-state index contributed by atoms with van der Waals surface area (Å²) in [5.74, 6) is -0.104. The maximum atomic E-state index is 11.6. The van der Waals surface area contributed by atoms with Gasteiger partial charge in [0.15, 0.2) is 17.8 Å². The molecule has 0 radical (unpaired) electrons. The molecule has 1 saturated heterocycles. The van der Waals surface area contributed by atoms with Crippen LogP contribution >= 0.6 is 0 Å². The van der Waals surface area contributed by atoms with Crippen molar-refractivity contribution in [2.45, 2.75) is 31.5 Å². The predicted molar refractivity (Wildman–Crippen MR) is 60.5 cm³/mol. The van der Waals surface area contributed by atoms with E-state index in [1.165, 1.54) is 6.92 Å². The number of aliphatic imine (C=N–C) groups is 2. The zero-order valence-electron chi connectivity index (χ0n) is 9.29. The standard InChI is InChI=1S/C9H15N5O3/c1-3(15)6(16)4-2-11-7-5(12-4)8(17)14-9(10)13-7/h3-4,6,9,15-16H,2,10H2,1H3,(H,11,13)(H,14,17)/t3-,4?,6-,9?/m0/s1. The van der Waals surface area contributed by atoms with Crippen molar-refractivity contribution in [3.63, 3.8) is 0 Å². The van der Waals surface area contributed by atoms with Crippen LogP contribution in [0.15, 0.2) is 9.98 Å². The Bertz CT molecular complexity index is 392. The van der Waals surface area contributed by atoms with Gasteiger partial charge in [-0.25, -0.2) is 0 Å². The van der Waals surface area contributed by atoms with Gasteiger partial charge in [0.05, 0.1) is 18.7 Å². The summed E-state index contributed by atoms with van der Waals surface area (Å²) < 4.78 is 0. The Morgan fingerprint density at radius 1 is 1.47 bits per heavy atom. The zero-order valence-corrected chi connectivity index (χ0v) is 9.29. The third-order valence-electron chi connectivity index (χ3n) is 2.64. The first-order valence-electron chi connectivity index (χ1n) is 5.31. The number of aliphatic hydroxyl groups excluding tert-OH is 2. The van der Waals surface area contributed by atoms with E-state index in [0.29, 0.717) is 5.84 Å². The molecule has 2 unspecified atom stereocenters. The number of nitrogens with two attached hydrogens (primary N) is 1. The maximum absolute atomic E-state index is 11.6. The van der Waals surface area contributed by atoms with E-state index in [0.717, 1.165) is 0 Å². The SMILES string of the molecule is C[C@H](O)[C@H](O)C1CN=C2NC(N)NC(=O)C2=N1. The Kier molecular flexibility index (Phi) is 3.09. The zero-order chi connectivity index (χ0) is 12.6. The highest BCUT2D eigenvalue weighted by Crippen LogP contribution is 2.11. The Morgan fingerprint density at radius 2 is 2.18 bits per heavy atom. The Hall–Kier alpha value is -1.51. The lowest BCUT2D eigenvalue weighted by Gasteiger charge is -2.30. The van der Waals surface area contributed by atoms with Crippen LogP contribution in [0.4, 0.5) is 0 Å². The molecule has 0 bridgehead atoms. The minimum Gasteiger partial charge on any atom is -0.391 e. The van der Waals surface area contributed by atoms with Crippen molar-refractivity contribution in [2.24, 2.45) is 15.7 Å². The maximum Gasteiger partial charge on any atom is 0.275 e. The molecule has 0 saturated carbocycles. The summed E-state index contributed by atoms with van der Waals surface area (Å²) in [6.07, 6.45) is -2.65. The monoisotopic (exact) mass is 241 g/mol. The van der Waals surface area contributed by atoms with Gasteiger partial charge in [-0.2, -0.15) is 0 Å². The third kappa shape index (κ3) is 2.28. The molecule has 0 spiro atoms. The van der Waals surface area contributed by atoms with E-state index in [2.05, 4.69) is 20.6 Å². The first kappa shape index (κ1) is 12.0. The van der Waals surface area contributed by atoms with Gasteiger partial charge in [0.2, 0.25) is 0 Å². The average molecular weight is 241 g/mol. The largest absolute Gasteiger partial charge is 0.391 e. The normalized spacial score (nSPS) is 31.4. The highest BCUT2D eigenvalue weighted by molar-refractivity contribution is 6.67. The highest BCUT2D eigenvalue weighted by Gasteiger charge is 2.33. The summed E-state index contributed by atoms with van der Waals surface area (Å²) in [5.41, 5.74) is 5.62. The lowest BCUT2D eigenvalue weighted by molar-refractivity contribution is -0.115. The van der Waals surface area contributed by atoms with E-state index in [-0.39, 0.29) is 12.3 Å². The van der Waals surface area contributed by atoms with Gasteiger partial charge < -0.3 is 20.8 Å². The molecule has 2 aliphatic rings. The van der Waals surface area contributed by atoms with E-state index >= 15 is 0 Å². The van der Waals surface area contributed by atoms with Crippen LogP contribution in [0.1, 0.15) is 6.92 Å². The second kappa shape index (κ2) is 4.40. The molecule has 0 aromatic carbocycles. The van der Waals surface area contributed by atoms with Crippen molar-refractivity contribution in [1.29, 1.82) is 0 Å². The quantitative estimate of drug-likeness (QED) is 0.349. The van der Waals surface area contributed by atoms with Crippen molar-refractivity contribution in [3.05, 3.63) is 0 Å². The number of carbonyl (C=O) groups excluding carboxylic acids is 1. The molecule has 94 valence electrons. The minimum absolute atomic E-state index is 0.114. The summed E-state index contributed by atoms with van der Waals surface area (Å²) in [6.45, 7) is 1.66. The summed E-state index contributed by atoms with van der Waals surface area (Å²) >= 11 is 0. The molecule has 2 rings (SSSR count). The molecule has 0 aromatic rings. The van der Waals surface area contributed by atoms with E-state index in [9.17, 15) is 15.0 Å². The molecule has 17 heavy (non-hydrogen) atoms. The van der Waals surface area contributed by atoms with E-state index in [4.69, 9.17) is 5.73 Å². The second-order valence-electron chi connectivity index (χ2n) is 4.06. The molecular formula is C9H15N5O3. The van der Waals surface area contributed by atoms with Crippen LogP contribution < -0.4 is 16.4 Å². The molecule has 2 aliphatic heterocycles. The van der Waals surface area contributed by atoms with Crippen LogP contribution in [0.3, 0.4) is 0 Å². The van der Waals surface area contributed by atoms with Gasteiger partial charge in [-0.05, 0) is 6.92 Å². The van der Waals surface area contributed by atoms with Crippen molar-refractivity contribution in [1.82, 2.24) is 10.6 Å². The minimum atomic E-state index is -1.05. The summed E-state index contributed by atoms with van der Waals surface area (Å²) in [5, 5.41) is 24.1. The Balaban J connectivity index is 2.19. The number of amidine groups is 1.